The van der Waals surface area contributed by atoms with Crippen LogP contribution in [0.4, 0.5) is 0 Å². The summed E-state index contributed by atoms with van der Waals surface area (Å²) in [5, 5.41) is 0.149. The molecule has 1 rings (SSSR count). The minimum atomic E-state index is -3.08. The summed E-state index contributed by atoms with van der Waals surface area (Å²) >= 11 is 12.1. The van der Waals surface area contributed by atoms with Gasteiger partial charge in [-0.1, -0.05) is 17.7 Å². The molecule has 1 atom stereocenters. The summed E-state index contributed by atoms with van der Waals surface area (Å²) in [6, 6.07) is 3.66. The summed E-state index contributed by atoms with van der Waals surface area (Å²) in [7, 11) is -3.08. The number of alkyl halides is 1. The van der Waals surface area contributed by atoms with Gasteiger partial charge in [0, 0.05) is 11.3 Å². The monoisotopic (exact) mass is 280 g/mol. The number of rotatable bonds is 3. The van der Waals surface area contributed by atoms with Crippen molar-refractivity contribution in [3.05, 3.63) is 33.8 Å². The second kappa shape index (κ2) is 4.94. The Morgan fingerprint density at radius 3 is 2.31 bits per heavy atom. The maximum absolute atomic E-state index is 11.2. The Labute approximate surface area is 106 Å². The Hall–Kier alpha value is -0.250. The van der Waals surface area contributed by atoms with Gasteiger partial charge in [0.15, 0.2) is 0 Å². The van der Waals surface area contributed by atoms with Crippen LogP contribution in [0.1, 0.15) is 22.1 Å². The lowest BCUT2D eigenvalue weighted by atomic mass is 10.0. The van der Waals surface area contributed by atoms with E-state index in [0.29, 0.717) is 5.02 Å². The van der Waals surface area contributed by atoms with Gasteiger partial charge in [-0.15, -0.1) is 11.6 Å². The van der Waals surface area contributed by atoms with Crippen LogP contribution in [0.2, 0.25) is 5.02 Å². The smallest absolute Gasteiger partial charge is 0.149 e. The summed E-state index contributed by atoms with van der Waals surface area (Å²) in [5.41, 5.74) is 2.65. The fourth-order valence-corrected chi connectivity index (χ4v) is 3.35. The third kappa shape index (κ3) is 3.65. The van der Waals surface area contributed by atoms with E-state index < -0.39 is 15.2 Å². The molecule has 0 aromatic heterocycles. The Morgan fingerprint density at radius 1 is 1.25 bits per heavy atom. The first-order chi connectivity index (χ1) is 7.20. The molecule has 1 aromatic rings. The van der Waals surface area contributed by atoms with Crippen molar-refractivity contribution in [1.29, 1.82) is 0 Å². The first-order valence-electron chi connectivity index (χ1n) is 4.79. The molecule has 0 aliphatic heterocycles. The first kappa shape index (κ1) is 13.8. The van der Waals surface area contributed by atoms with Crippen LogP contribution < -0.4 is 0 Å². The van der Waals surface area contributed by atoms with Gasteiger partial charge >= 0.3 is 0 Å². The van der Waals surface area contributed by atoms with Crippen LogP contribution in [-0.2, 0) is 9.84 Å². The molecule has 0 aliphatic carbocycles. The molecule has 0 bridgehead atoms. The minimum Gasteiger partial charge on any atom is -0.229 e. The molecule has 16 heavy (non-hydrogen) atoms. The van der Waals surface area contributed by atoms with Crippen LogP contribution in [0.3, 0.4) is 0 Å². The third-order valence-corrected chi connectivity index (χ3v) is 4.25. The van der Waals surface area contributed by atoms with Crippen molar-refractivity contribution >= 4 is 33.0 Å². The summed E-state index contributed by atoms with van der Waals surface area (Å²) in [5.74, 6) is -0.0591. The Kier molecular flexibility index (Phi) is 4.27. The molecular weight excluding hydrogens is 267 g/mol. The van der Waals surface area contributed by atoms with Crippen molar-refractivity contribution in [2.75, 3.05) is 12.0 Å². The lowest BCUT2D eigenvalue weighted by molar-refractivity contribution is 0.600. The molecule has 1 unspecified atom stereocenters. The summed E-state index contributed by atoms with van der Waals surface area (Å²) < 4.78 is 22.3. The predicted octanol–water partition coefficient (Wildman–Crippen LogP) is 3.28. The van der Waals surface area contributed by atoms with Gasteiger partial charge in [-0.25, -0.2) is 8.42 Å². The van der Waals surface area contributed by atoms with Gasteiger partial charge < -0.3 is 0 Å². The van der Waals surface area contributed by atoms with E-state index in [1.807, 2.05) is 26.0 Å². The van der Waals surface area contributed by atoms with Crippen molar-refractivity contribution in [2.24, 2.45) is 0 Å². The summed E-state index contributed by atoms with van der Waals surface area (Å²) in [6.45, 7) is 3.74. The van der Waals surface area contributed by atoms with E-state index in [1.54, 1.807) is 0 Å². The van der Waals surface area contributed by atoms with E-state index in [1.165, 1.54) is 6.26 Å². The van der Waals surface area contributed by atoms with Crippen LogP contribution in [-0.4, -0.2) is 20.4 Å². The zero-order valence-corrected chi connectivity index (χ0v) is 11.7. The van der Waals surface area contributed by atoms with Gasteiger partial charge in [0.2, 0.25) is 0 Å². The second-order valence-electron chi connectivity index (χ2n) is 4.02. The predicted molar refractivity (Wildman–Crippen MR) is 69.2 cm³/mol. The van der Waals surface area contributed by atoms with Crippen molar-refractivity contribution in [1.82, 2.24) is 0 Å². The average molecular weight is 281 g/mol. The lowest BCUT2D eigenvalue weighted by Crippen LogP contribution is -2.10. The SMILES string of the molecule is Cc1cc(C(Cl)CS(C)(=O)=O)c(C)cc1Cl. The van der Waals surface area contributed by atoms with Crippen molar-refractivity contribution in [3.8, 4) is 0 Å². The molecule has 90 valence electrons. The van der Waals surface area contributed by atoms with Gasteiger partial charge in [0.05, 0.1) is 11.1 Å². The maximum Gasteiger partial charge on any atom is 0.149 e. The van der Waals surface area contributed by atoms with Crippen molar-refractivity contribution in [2.45, 2.75) is 19.2 Å². The minimum absolute atomic E-state index is 0.0591. The number of benzene rings is 1. The molecule has 0 saturated carbocycles. The second-order valence-corrected chi connectivity index (χ2v) is 7.14. The largest absolute Gasteiger partial charge is 0.229 e. The fourth-order valence-electron chi connectivity index (χ4n) is 1.50. The van der Waals surface area contributed by atoms with Gasteiger partial charge in [-0.3, -0.25) is 0 Å². The summed E-state index contributed by atoms with van der Waals surface area (Å²) in [4.78, 5) is 0. The average Bonchev–Trinajstić information content (AvgIpc) is 2.08. The van der Waals surface area contributed by atoms with Crippen LogP contribution >= 0.6 is 23.2 Å². The van der Waals surface area contributed by atoms with Gasteiger partial charge in [-0.2, -0.15) is 0 Å². The zero-order valence-electron chi connectivity index (χ0n) is 9.42. The highest BCUT2D eigenvalue weighted by Crippen LogP contribution is 2.29. The highest BCUT2D eigenvalue weighted by molar-refractivity contribution is 7.90. The molecule has 0 saturated heterocycles. The van der Waals surface area contributed by atoms with E-state index in [-0.39, 0.29) is 5.75 Å². The normalized spacial score (nSPS) is 13.8. The van der Waals surface area contributed by atoms with Crippen LogP contribution in [0.5, 0.6) is 0 Å². The molecule has 5 heteroatoms. The quantitative estimate of drug-likeness (QED) is 0.797. The molecule has 0 aliphatic rings. The number of hydrogen-bond acceptors (Lipinski definition) is 2. The highest BCUT2D eigenvalue weighted by atomic mass is 35.5. The van der Waals surface area contributed by atoms with Crippen LogP contribution in [0.15, 0.2) is 12.1 Å². The highest BCUT2D eigenvalue weighted by Gasteiger charge is 2.17. The molecule has 0 amide bonds. The van der Waals surface area contributed by atoms with E-state index in [9.17, 15) is 8.42 Å². The topological polar surface area (TPSA) is 34.1 Å². The molecule has 0 N–H and O–H groups in total. The maximum atomic E-state index is 11.2. The third-order valence-electron chi connectivity index (χ3n) is 2.33. The Morgan fingerprint density at radius 2 is 1.81 bits per heavy atom. The lowest BCUT2D eigenvalue weighted by Gasteiger charge is -2.13. The number of hydrogen-bond donors (Lipinski definition) is 0. The van der Waals surface area contributed by atoms with E-state index >= 15 is 0 Å². The Balaban J connectivity index is 3.09. The van der Waals surface area contributed by atoms with E-state index in [4.69, 9.17) is 23.2 Å². The first-order valence-corrected chi connectivity index (χ1v) is 7.66. The van der Waals surface area contributed by atoms with Crippen LogP contribution in [0, 0.1) is 13.8 Å². The van der Waals surface area contributed by atoms with Gasteiger partial charge in [0.1, 0.15) is 9.84 Å². The summed E-state index contributed by atoms with van der Waals surface area (Å²) in [6.07, 6.45) is 1.18. The molecule has 0 heterocycles. The van der Waals surface area contributed by atoms with Gasteiger partial charge in [-0.05, 0) is 36.6 Å². The van der Waals surface area contributed by atoms with Crippen molar-refractivity contribution < 1.29 is 8.42 Å². The Bertz CT molecular complexity index is 495. The molecule has 1 aromatic carbocycles. The number of halogens is 2. The van der Waals surface area contributed by atoms with Crippen molar-refractivity contribution in [3.63, 3.8) is 0 Å². The molecule has 2 nitrogen and oxygen atoms in total. The number of sulfone groups is 1. The molecule has 0 radical (unpaired) electrons. The molecular formula is C11H14Cl2O2S. The zero-order chi connectivity index (χ0) is 12.5. The number of aryl methyl sites for hydroxylation is 2. The van der Waals surface area contributed by atoms with Crippen LogP contribution in [0.25, 0.3) is 0 Å². The standard InChI is InChI=1S/C11H14Cl2O2S/c1-7-5-10(12)8(2)4-9(7)11(13)6-16(3,14)15/h4-5,11H,6H2,1-3H3. The molecule has 0 spiro atoms. The molecule has 0 fully saturated rings. The fraction of sp³-hybridized carbons (Fsp3) is 0.455. The van der Waals surface area contributed by atoms with Gasteiger partial charge in [0.25, 0.3) is 0 Å². The van der Waals surface area contributed by atoms with E-state index in [0.717, 1.165) is 16.7 Å². The van der Waals surface area contributed by atoms with E-state index in [2.05, 4.69) is 0 Å².